The lowest BCUT2D eigenvalue weighted by molar-refractivity contribution is -0.177. The molecule has 0 amide bonds. The van der Waals surface area contributed by atoms with E-state index in [9.17, 15) is 35.4 Å². The number of rotatable bonds is 5. The summed E-state index contributed by atoms with van der Waals surface area (Å²) < 4.78 is 0. The van der Waals surface area contributed by atoms with Gasteiger partial charge in [0.1, 0.15) is 0 Å². The molecule has 0 aromatic rings. The Hall–Kier alpha value is -0.830. The molecule has 10 atom stereocenters. The van der Waals surface area contributed by atoms with E-state index in [4.69, 9.17) is 0 Å². The van der Waals surface area contributed by atoms with Crippen molar-refractivity contribution in [2.24, 2.45) is 28.6 Å². The van der Waals surface area contributed by atoms with Crippen molar-refractivity contribution in [1.82, 2.24) is 0 Å². The zero-order valence-electron chi connectivity index (χ0n) is 21.3. The molecule has 4 aliphatic rings. The van der Waals surface area contributed by atoms with Crippen molar-refractivity contribution < 1.29 is 35.4 Å². The quantitative estimate of drug-likeness (QED) is 0.353. The molecule has 0 aliphatic heterocycles. The summed E-state index contributed by atoms with van der Waals surface area (Å²) in [5.74, 6) is -0.948. The Kier molecular flexibility index (Phi) is 6.24. The second kappa shape index (κ2) is 8.09. The molecule has 0 unspecified atom stereocenters. The minimum absolute atomic E-state index is 0.0840. The highest BCUT2D eigenvalue weighted by atomic mass is 16.3. The van der Waals surface area contributed by atoms with Crippen molar-refractivity contribution in [3.8, 4) is 0 Å². The Balaban J connectivity index is 1.66. The lowest BCUT2D eigenvalue weighted by Crippen LogP contribution is -2.62. The Morgan fingerprint density at radius 3 is 2.32 bits per heavy atom. The van der Waals surface area contributed by atoms with Gasteiger partial charge in [0.15, 0.2) is 5.78 Å². The van der Waals surface area contributed by atoms with Gasteiger partial charge >= 0.3 is 0 Å². The van der Waals surface area contributed by atoms with Crippen molar-refractivity contribution in [3.05, 3.63) is 11.6 Å². The Morgan fingerprint density at radius 2 is 1.71 bits per heavy atom. The average Bonchev–Trinajstić information content (AvgIpc) is 3.00. The number of allylic oxidation sites excluding steroid dienone is 1. The zero-order chi connectivity index (χ0) is 25.5. The van der Waals surface area contributed by atoms with Gasteiger partial charge in [-0.15, -0.1) is 0 Å². The molecule has 4 aliphatic carbocycles. The molecule has 7 heteroatoms. The predicted molar refractivity (Wildman–Crippen MR) is 127 cm³/mol. The smallest absolute Gasteiger partial charge is 0.159 e. The zero-order valence-corrected chi connectivity index (χ0v) is 21.3. The van der Waals surface area contributed by atoms with Crippen molar-refractivity contribution in [3.63, 3.8) is 0 Å². The molecule has 0 heterocycles. The molecule has 7 nitrogen and oxygen atoms in total. The average molecular weight is 481 g/mol. The summed E-state index contributed by atoms with van der Waals surface area (Å²) in [7, 11) is 0. The van der Waals surface area contributed by atoms with Gasteiger partial charge in [0.05, 0.1) is 35.1 Å². The van der Waals surface area contributed by atoms with Crippen LogP contribution in [0, 0.1) is 28.6 Å². The molecule has 4 rings (SSSR count). The second-order valence-corrected chi connectivity index (χ2v) is 13.2. The van der Waals surface area contributed by atoms with Crippen LogP contribution in [0.2, 0.25) is 0 Å². The number of aliphatic hydroxyl groups is 6. The number of carbonyl (C=O) groups excluding carboxylic acids is 1. The molecule has 0 aromatic heterocycles. The van der Waals surface area contributed by atoms with Crippen molar-refractivity contribution >= 4 is 5.78 Å². The fourth-order valence-electron chi connectivity index (χ4n) is 8.32. The maximum atomic E-state index is 13.2. The number of carbonyl (C=O) groups is 1. The molecule has 3 fully saturated rings. The lowest BCUT2D eigenvalue weighted by atomic mass is 9.45. The fraction of sp³-hybridized carbons (Fsp3) is 0.889. The molecule has 0 bridgehead atoms. The molecule has 3 saturated carbocycles. The molecular weight excluding hydrogens is 436 g/mol. The van der Waals surface area contributed by atoms with Gasteiger partial charge in [-0.05, 0) is 101 Å². The van der Waals surface area contributed by atoms with Crippen LogP contribution in [0.15, 0.2) is 11.6 Å². The number of aliphatic hydroxyl groups excluding tert-OH is 3. The van der Waals surface area contributed by atoms with E-state index in [0.717, 1.165) is 0 Å². The third-order valence-corrected chi connectivity index (χ3v) is 10.5. The van der Waals surface area contributed by atoms with E-state index in [-0.39, 0.29) is 36.4 Å². The highest BCUT2D eigenvalue weighted by Gasteiger charge is 2.69. The molecule has 0 radical (unpaired) electrons. The van der Waals surface area contributed by atoms with E-state index in [1.54, 1.807) is 26.8 Å². The number of hydrogen-bond donors (Lipinski definition) is 6. The first-order chi connectivity index (χ1) is 15.5. The normalized spacial score (nSPS) is 47.2. The van der Waals surface area contributed by atoms with Gasteiger partial charge in [-0.2, -0.15) is 0 Å². The highest BCUT2D eigenvalue weighted by molar-refractivity contribution is 5.95. The van der Waals surface area contributed by atoms with Gasteiger partial charge in [-0.25, -0.2) is 0 Å². The molecule has 0 spiro atoms. The van der Waals surface area contributed by atoms with Crippen LogP contribution in [0.3, 0.4) is 0 Å². The first kappa shape index (κ1) is 26.2. The largest absolute Gasteiger partial charge is 0.390 e. The Labute approximate surface area is 202 Å². The number of hydrogen-bond acceptors (Lipinski definition) is 7. The maximum Gasteiger partial charge on any atom is 0.159 e. The molecule has 34 heavy (non-hydrogen) atoms. The van der Waals surface area contributed by atoms with E-state index in [1.165, 1.54) is 0 Å². The van der Waals surface area contributed by atoms with Crippen LogP contribution in [0.5, 0.6) is 0 Å². The van der Waals surface area contributed by atoms with E-state index < -0.39 is 45.9 Å². The van der Waals surface area contributed by atoms with Gasteiger partial charge in [0.25, 0.3) is 0 Å². The van der Waals surface area contributed by atoms with Gasteiger partial charge in [0.2, 0.25) is 0 Å². The summed E-state index contributed by atoms with van der Waals surface area (Å²) in [4.78, 5) is 13.2. The van der Waals surface area contributed by atoms with Crippen molar-refractivity contribution in [2.45, 2.75) is 121 Å². The van der Waals surface area contributed by atoms with E-state index >= 15 is 0 Å². The summed E-state index contributed by atoms with van der Waals surface area (Å²) in [5, 5.41) is 65.5. The van der Waals surface area contributed by atoms with Crippen LogP contribution >= 0.6 is 0 Å². The maximum absolute atomic E-state index is 13.2. The minimum Gasteiger partial charge on any atom is -0.390 e. The third kappa shape index (κ3) is 3.73. The monoisotopic (exact) mass is 480 g/mol. The van der Waals surface area contributed by atoms with Crippen LogP contribution in [-0.2, 0) is 4.79 Å². The van der Waals surface area contributed by atoms with Gasteiger partial charge in [-0.3, -0.25) is 4.79 Å². The van der Waals surface area contributed by atoms with E-state index in [1.807, 2.05) is 13.8 Å². The summed E-state index contributed by atoms with van der Waals surface area (Å²) >= 11 is 0. The first-order valence-electron chi connectivity index (χ1n) is 12.9. The standard InChI is InChI=1S/C27H44O7/c1-23(2,32)9-8-22(31)26(5,33)21-7-11-27(34)16-12-18(28)17-13-19(29)20(30)14-24(17,3)15(16)6-10-25(21,27)4/h12,15,17,19-22,29-34H,6-11,13-14H2,1-5H3/t15-,17-,19+,20+,21+,22-,24-,25+,26+,27-/m0/s1. The van der Waals surface area contributed by atoms with Crippen LogP contribution in [0.25, 0.3) is 0 Å². The predicted octanol–water partition coefficient (Wildman–Crippen LogP) is 1.85. The topological polar surface area (TPSA) is 138 Å². The molecule has 6 N–H and O–H groups in total. The second-order valence-electron chi connectivity index (χ2n) is 13.2. The van der Waals surface area contributed by atoms with Crippen molar-refractivity contribution in [2.75, 3.05) is 0 Å². The summed E-state index contributed by atoms with van der Waals surface area (Å²) in [6, 6.07) is 0. The molecule has 0 saturated heterocycles. The van der Waals surface area contributed by atoms with Gasteiger partial charge < -0.3 is 30.6 Å². The van der Waals surface area contributed by atoms with Gasteiger partial charge in [0, 0.05) is 11.3 Å². The SMILES string of the molecule is CC(C)(O)CC[C@H](O)[C@](C)(O)[C@@H]1CC[C@]2(O)C3=CC(=O)[C@@H]4C[C@@H](O)[C@H](O)C[C@@]4(C)[C@H]3CC[C@]12C. The van der Waals surface area contributed by atoms with Crippen LogP contribution in [0.4, 0.5) is 0 Å². The van der Waals surface area contributed by atoms with Crippen LogP contribution in [-0.4, -0.2) is 71.5 Å². The van der Waals surface area contributed by atoms with Crippen molar-refractivity contribution in [1.29, 1.82) is 0 Å². The molecule has 0 aromatic carbocycles. The number of fused-ring (bicyclic) bond motifs is 5. The first-order valence-corrected chi connectivity index (χ1v) is 12.9. The number of ketones is 1. The Morgan fingerprint density at radius 1 is 1.06 bits per heavy atom. The minimum atomic E-state index is -1.46. The van der Waals surface area contributed by atoms with Crippen LogP contribution in [0.1, 0.15) is 86.0 Å². The van der Waals surface area contributed by atoms with E-state index in [0.29, 0.717) is 44.1 Å². The van der Waals surface area contributed by atoms with E-state index in [2.05, 4.69) is 0 Å². The third-order valence-electron chi connectivity index (χ3n) is 10.5. The summed E-state index contributed by atoms with van der Waals surface area (Å²) in [5.41, 5.74) is -4.27. The van der Waals surface area contributed by atoms with Crippen LogP contribution < -0.4 is 0 Å². The summed E-state index contributed by atoms with van der Waals surface area (Å²) in [6.45, 7) is 8.96. The van der Waals surface area contributed by atoms with Gasteiger partial charge in [-0.1, -0.05) is 13.8 Å². The molecule has 194 valence electrons. The lowest BCUT2D eigenvalue weighted by Gasteiger charge is -2.60. The highest BCUT2D eigenvalue weighted by Crippen LogP contribution is 2.68. The molecular formula is C27H44O7. The fourth-order valence-corrected chi connectivity index (χ4v) is 8.32. The summed E-state index contributed by atoms with van der Waals surface area (Å²) in [6.07, 6.45) is 2.11. The Bertz CT molecular complexity index is 860.